The Labute approximate surface area is 57.2 Å². The molecule has 1 aliphatic carbocycles. The van der Waals surface area contributed by atoms with Crippen LogP contribution in [0.4, 0.5) is 0 Å². The van der Waals surface area contributed by atoms with Crippen LogP contribution in [-0.2, 0) is 0 Å². The van der Waals surface area contributed by atoms with Crippen molar-refractivity contribution in [2.75, 3.05) is 0 Å². The van der Waals surface area contributed by atoms with Crippen molar-refractivity contribution in [1.29, 1.82) is 0 Å². The standard InChI is InChI=1S/C6H9.Li/c1-2-3-6-4-5-6;/h2-4,6H,5H2,1H3;/q-1;+1. The van der Waals surface area contributed by atoms with E-state index in [1.54, 1.807) is 0 Å². The Morgan fingerprint density at radius 3 is 2.43 bits per heavy atom. The maximum atomic E-state index is 2.29. The largest absolute Gasteiger partial charge is 1.00 e. The summed E-state index contributed by atoms with van der Waals surface area (Å²) in [4.78, 5) is 0. The van der Waals surface area contributed by atoms with Gasteiger partial charge in [-0.2, -0.15) is 5.92 Å². The van der Waals surface area contributed by atoms with E-state index in [4.69, 9.17) is 0 Å². The molecule has 7 heavy (non-hydrogen) atoms. The van der Waals surface area contributed by atoms with Crippen molar-refractivity contribution >= 4 is 0 Å². The van der Waals surface area contributed by atoms with Gasteiger partial charge < -0.3 is 6.42 Å². The van der Waals surface area contributed by atoms with E-state index in [9.17, 15) is 0 Å². The Balaban J connectivity index is 0.000000360. The summed E-state index contributed by atoms with van der Waals surface area (Å²) in [5.41, 5.74) is 0. The van der Waals surface area contributed by atoms with Crippen LogP contribution in [0.3, 0.4) is 0 Å². The third kappa shape index (κ3) is 2.97. The topological polar surface area (TPSA) is 0 Å². The molecule has 0 aromatic carbocycles. The first-order chi connectivity index (χ1) is 2.93. The summed E-state index contributed by atoms with van der Waals surface area (Å²) in [5, 5.41) is 0. The molecule has 1 fully saturated rings. The third-order valence-electron chi connectivity index (χ3n) is 0.948. The molecule has 34 valence electrons. The third-order valence-corrected chi connectivity index (χ3v) is 0.948. The number of hydrogen-bond donors (Lipinski definition) is 0. The van der Waals surface area contributed by atoms with Crippen LogP contribution in [0.25, 0.3) is 0 Å². The van der Waals surface area contributed by atoms with E-state index >= 15 is 0 Å². The smallest absolute Gasteiger partial charge is 0.326 e. The van der Waals surface area contributed by atoms with Gasteiger partial charge in [0.15, 0.2) is 0 Å². The van der Waals surface area contributed by atoms with E-state index in [0.717, 1.165) is 5.92 Å². The molecular formula is C6H9Li. The summed E-state index contributed by atoms with van der Waals surface area (Å²) < 4.78 is 0. The van der Waals surface area contributed by atoms with Gasteiger partial charge >= 0.3 is 18.9 Å². The van der Waals surface area contributed by atoms with Crippen molar-refractivity contribution in [3.63, 3.8) is 0 Å². The zero-order valence-electron chi connectivity index (χ0n) is 5.02. The Morgan fingerprint density at radius 2 is 2.29 bits per heavy atom. The molecule has 0 radical (unpaired) electrons. The van der Waals surface area contributed by atoms with Gasteiger partial charge in [-0.1, -0.05) is 6.08 Å². The molecule has 0 heterocycles. The van der Waals surface area contributed by atoms with Gasteiger partial charge in [-0.15, -0.1) is 6.08 Å². The van der Waals surface area contributed by atoms with E-state index in [0.29, 0.717) is 0 Å². The van der Waals surface area contributed by atoms with Crippen molar-refractivity contribution in [2.45, 2.75) is 13.3 Å². The maximum absolute atomic E-state index is 2.29. The van der Waals surface area contributed by atoms with Gasteiger partial charge in [0, 0.05) is 0 Å². The fraction of sp³-hybridized carbons (Fsp3) is 0.500. The zero-order valence-corrected chi connectivity index (χ0v) is 5.02. The van der Waals surface area contributed by atoms with Crippen LogP contribution in [-0.4, -0.2) is 0 Å². The second kappa shape index (κ2) is 3.35. The van der Waals surface area contributed by atoms with Crippen molar-refractivity contribution < 1.29 is 18.9 Å². The minimum Gasteiger partial charge on any atom is -0.326 e. The molecule has 1 aliphatic rings. The minimum absolute atomic E-state index is 0. The molecule has 1 rings (SSSR count). The SMILES string of the molecule is CC=CC1[CH-]C1.[Li+]. The van der Waals surface area contributed by atoms with Gasteiger partial charge in [0.2, 0.25) is 0 Å². The first-order valence-corrected chi connectivity index (χ1v) is 2.39. The average molecular weight is 88.1 g/mol. The van der Waals surface area contributed by atoms with Gasteiger partial charge in [0.05, 0.1) is 0 Å². The van der Waals surface area contributed by atoms with Crippen LogP contribution >= 0.6 is 0 Å². The van der Waals surface area contributed by atoms with Crippen LogP contribution in [0.15, 0.2) is 12.2 Å². The van der Waals surface area contributed by atoms with E-state index in [2.05, 4.69) is 25.5 Å². The Morgan fingerprint density at radius 1 is 1.71 bits per heavy atom. The molecule has 1 unspecified atom stereocenters. The van der Waals surface area contributed by atoms with Crippen LogP contribution in [0.5, 0.6) is 0 Å². The average Bonchev–Trinajstić information content (AvgIpc) is 2.21. The molecule has 0 saturated heterocycles. The summed E-state index contributed by atoms with van der Waals surface area (Å²) in [7, 11) is 0. The van der Waals surface area contributed by atoms with E-state index in [1.807, 2.05) is 0 Å². The summed E-state index contributed by atoms with van der Waals surface area (Å²) in [6.45, 7) is 2.06. The molecule has 1 saturated carbocycles. The second-order valence-electron chi connectivity index (χ2n) is 1.66. The number of rotatable bonds is 1. The second-order valence-corrected chi connectivity index (χ2v) is 1.66. The maximum Gasteiger partial charge on any atom is 1.00 e. The Bertz CT molecular complexity index is 62.6. The van der Waals surface area contributed by atoms with Crippen molar-refractivity contribution in [3.8, 4) is 0 Å². The van der Waals surface area contributed by atoms with E-state index in [-0.39, 0.29) is 18.9 Å². The molecule has 0 aliphatic heterocycles. The molecule has 0 bridgehead atoms. The predicted molar refractivity (Wildman–Crippen MR) is 27.2 cm³/mol. The van der Waals surface area contributed by atoms with Crippen LogP contribution in [0.2, 0.25) is 0 Å². The molecule has 1 heteroatoms. The number of allylic oxidation sites excluding steroid dienone is 2. The molecule has 0 aromatic rings. The first-order valence-electron chi connectivity index (χ1n) is 2.39. The molecule has 0 N–H and O–H groups in total. The fourth-order valence-corrected chi connectivity index (χ4v) is 0.483. The van der Waals surface area contributed by atoms with Crippen LogP contribution in [0.1, 0.15) is 13.3 Å². The summed E-state index contributed by atoms with van der Waals surface area (Å²) in [5.74, 6) is 0.843. The van der Waals surface area contributed by atoms with Gasteiger partial charge in [0.1, 0.15) is 0 Å². The summed E-state index contributed by atoms with van der Waals surface area (Å²) in [6.07, 6.45) is 7.93. The zero-order chi connectivity index (χ0) is 4.41. The van der Waals surface area contributed by atoms with Gasteiger partial charge in [0.25, 0.3) is 0 Å². The molecule has 0 spiro atoms. The monoisotopic (exact) mass is 88.1 g/mol. The van der Waals surface area contributed by atoms with E-state index < -0.39 is 0 Å². The Kier molecular flexibility index (Phi) is 3.52. The first kappa shape index (κ1) is 7.34. The summed E-state index contributed by atoms with van der Waals surface area (Å²) in [6, 6.07) is 0. The fourth-order valence-electron chi connectivity index (χ4n) is 0.483. The van der Waals surface area contributed by atoms with E-state index in [1.165, 1.54) is 6.42 Å². The van der Waals surface area contributed by atoms with Gasteiger partial charge in [-0.25, -0.2) is 6.42 Å². The number of hydrogen-bond acceptors (Lipinski definition) is 0. The molecular weight excluding hydrogens is 79.0 g/mol. The van der Waals surface area contributed by atoms with Gasteiger partial charge in [-0.3, -0.25) is 0 Å². The predicted octanol–water partition coefficient (Wildman–Crippen LogP) is -1.21. The van der Waals surface area contributed by atoms with Gasteiger partial charge in [-0.05, 0) is 6.92 Å². The van der Waals surface area contributed by atoms with Crippen molar-refractivity contribution in [2.24, 2.45) is 5.92 Å². The minimum atomic E-state index is 0. The summed E-state index contributed by atoms with van der Waals surface area (Å²) >= 11 is 0. The van der Waals surface area contributed by atoms with Crippen molar-refractivity contribution in [3.05, 3.63) is 18.6 Å². The molecule has 1 atom stereocenters. The quantitative estimate of drug-likeness (QED) is 0.214. The Hall–Kier alpha value is 0.337. The molecule has 0 amide bonds. The van der Waals surface area contributed by atoms with Crippen LogP contribution in [0, 0.1) is 12.3 Å². The molecule has 0 nitrogen and oxygen atoms in total. The van der Waals surface area contributed by atoms with Crippen molar-refractivity contribution in [1.82, 2.24) is 0 Å². The normalized spacial score (nSPS) is 27.3. The van der Waals surface area contributed by atoms with Crippen LogP contribution < -0.4 is 18.9 Å². The molecule has 0 aromatic heterocycles.